The van der Waals surface area contributed by atoms with Crippen LogP contribution in [-0.2, 0) is 4.74 Å². The molecule has 0 aromatic rings. The first-order valence-corrected chi connectivity index (χ1v) is 6.25. The largest absolute Gasteiger partial charge is 0.454 e. The summed E-state index contributed by atoms with van der Waals surface area (Å²) in [5.41, 5.74) is -3.80. The zero-order valence-electron chi connectivity index (χ0n) is 9.85. The summed E-state index contributed by atoms with van der Waals surface area (Å²) in [5, 5.41) is -0.876. The summed E-state index contributed by atoms with van der Waals surface area (Å²) in [6, 6.07) is -1.02. The van der Waals surface area contributed by atoms with Crippen LogP contribution in [0.4, 0.5) is 26.3 Å². The Hall–Kier alpha value is -0.210. The maximum atomic E-state index is 13.0. The van der Waals surface area contributed by atoms with Crippen molar-refractivity contribution >= 4 is 11.6 Å². The number of nitrogens with two attached hydrogens (primary N) is 1. The Kier molecular flexibility index (Phi) is 3.51. The Balaban J connectivity index is 2.37. The highest BCUT2D eigenvalue weighted by molar-refractivity contribution is 6.21. The number of halogens is 7. The number of piperidine rings is 1. The lowest BCUT2D eigenvalue weighted by Gasteiger charge is -2.39. The number of ether oxygens (including phenoxy) is 1. The average Bonchev–Trinajstić information content (AvgIpc) is 2.68. The summed E-state index contributed by atoms with van der Waals surface area (Å²) in [5.74, 6) is -1.71. The van der Waals surface area contributed by atoms with Crippen LogP contribution in [0.15, 0.2) is 0 Å². The van der Waals surface area contributed by atoms with Crippen LogP contribution in [0.3, 0.4) is 0 Å². The van der Waals surface area contributed by atoms with E-state index in [0.717, 1.165) is 0 Å². The molecule has 1 saturated carbocycles. The van der Waals surface area contributed by atoms with Crippen molar-refractivity contribution in [3.05, 3.63) is 0 Å². The summed E-state index contributed by atoms with van der Waals surface area (Å²) in [6.07, 6.45) is -11.8. The van der Waals surface area contributed by atoms with Crippen LogP contribution in [0.5, 0.6) is 0 Å². The molecule has 2 N–H and O–H groups in total. The van der Waals surface area contributed by atoms with Gasteiger partial charge in [-0.25, -0.2) is 0 Å². The van der Waals surface area contributed by atoms with Crippen LogP contribution in [-0.4, -0.2) is 42.0 Å². The predicted molar refractivity (Wildman–Crippen MR) is 53.7 cm³/mol. The molecule has 0 unspecified atom stereocenters. The first-order chi connectivity index (χ1) is 8.56. The average molecular weight is 313 g/mol. The molecule has 1 aliphatic carbocycles. The van der Waals surface area contributed by atoms with Gasteiger partial charge in [0.1, 0.15) is 12.1 Å². The van der Waals surface area contributed by atoms with Crippen molar-refractivity contribution in [2.24, 2.45) is 5.92 Å². The van der Waals surface area contributed by atoms with Gasteiger partial charge in [-0.05, 0) is 13.3 Å². The fraction of sp³-hybridized carbons (Fsp3) is 1.00. The molecule has 0 spiro atoms. The topological polar surface area (TPSA) is 25.8 Å². The molecule has 0 aromatic carbocycles. The summed E-state index contributed by atoms with van der Waals surface area (Å²) >= 11 is 5.79. The third-order valence-corrected chi connectivity index (χ3v) is 4.62. The summed E-state index contributed by atoms with van der Waals surface area (Å²) < 4.78 is 83.2. The number of quaternary nitrogens is 1. The van der Waals surface area contributed by atoms with Crippen molar-refractivity contribution < 1.29 is 36.4 Å². The van der Waals surface area contributed by atoms with Crippen molar-refractivity contribution in [2.45, 2.75) is 48.8 Å². The van der Waals surface area contributed by atoms with Gasteiger partial charge in [-0.1, -0.05) is 0 Å². The maximum absolute atomic E-state index is 13.0. The lowest BCUT2D eigenvalue weighted by atomic mass is 9.82. The molecule has 1 saturated heterocycles. The Morgan fingerprint density at radius 3 is 2.05 bits per heavy atom. The highest BCUT2D eigenvalue weighted by Gasteiger charge is 2.85. The van der Waals surface area contributed by atoms with Crippen molar-refractivity contribution in [3.63, 3.8) is 0 Å². The molecule has 9 heteroatoms. The van der Waals surface area contributed by atoms with E-state index < -0.39 is 41.3 Å². The molecule has 0 radical (unpaired) electrons. The fourth-order valence-corrected chi connectivity index (χ4v) is 3.77. The predicted octanol–water partition coefficient (Wildman–Crippen LogP) is 1.83. The SMILES string of the molecule is CCO[C@@H]1C[C@H]2[C@H](Cl)[C@@H]1[NH2+]C2(C(F)(F)F)C(F)(F)F. The smallest absolute Gasteiger partial charge is 0.372 e. The molecule has 4 atom stereocenters. The summed E-state index contributed by atoms with van der Waals surface area (Å²) in [7, 11) is 0. The van der Waals surface area contributed by atoms with Gasteiger partial charge in [0.2, 0.25) is 0 Å². The van der Waals surface area contributed by atoms with E-state index in [1.54, 1.807) is 6.92 Å². The first-order valence-electron chi connectivity index (χ1n) is 5.81. The van der Waals surface area contributed by atoms with E-state index in [9.17, 15) is 26.3 Å². The fourth-order valence-electron chi connectivity index (χ4n) is 3.24. The zero-order valence-corrected chi connectivity index (χ0v) is 10.6. The van der Waals surface area contributed by atoms with Gasteiger partial charge < -0.3 is 10.1 Å². The molecule has 0 amide bonds. The van der Waals surface area contributed by atoms with Gasteiger partial charge in [0.05, 0.1) is 11.3 Å². The minimum absolute atomic E-state index is 0.233. The Morgan fingerprint density at radius 1 is 1.21 bits per heavy atom. The molecule has 19 heavy (non-hydrogen) atoms. The minimum Gasteiger partial charge on any atom is -0.372 e. The molecule has 1 heterocycles. The van der Waals surface area contributed by atoms with Gasteiger partial charge in [0, 0.05) is 6.61 Å². The molecule has 1 aliphatic heterocycles. The second-order valence-electron chi connectivity index (χ2n) is 4.89. The molecule has 2 bridgehead atoms. The lowest BCUT2D eigenvalue weighted by molar-refractivity contribution is -0.800. The minimum atomic E-state index is -5.39. The number of hydrogen-bond donors (Lipinski definition) is 1. The van der Waals surface area contributed by atoms with Crippen molar-refractivity contribution in [2.75, 3.05) is 6.61 Å². The molecule has 2 nitrogen and oxygen atoms in total. The van der Waals surface area contributed by atoms with Crippen LogP contribution in [0.2, 0.25) is 0 Å². The Labute approximate surface area is 110 Å². The van der Waals surface area contributed by atoms with Crippen LogP contribution in [0, 0.1) is 5.92 Å². The highest BCUT2D eigenvalue weighted by atomic mass is 35.5. The zero-order chi connectivity index (χ0) is 14.6. The van der Waals surface area contributed by atoms with Gasteiger partial charge in [-0.15, -0.1) is 11.6 Å². The van der Waals surface area contributed by atoms with Gasteiger partial charge in [0.25, 0.3) is 5.54 Å². The van der Waals surface area contributed by atoms with E-state index in [1.807, 2.05) is 0 Å². The second-order valence-corrected chi connectivity index (χ2v) is 5.39. The number of hydrogen-bond acceptors (Lipinski definition) is 1. The summed E-state index contributed by atoms with van der Waals surface area (Å²) in [6.45, 7) is 1.87. The van der Waals surface area contributed by atoms with Crippen LogP contribution in [0.1, 0.15) is 13.3 Å². The molecular formula is C10H13ClF6NO+. The van der Waals surface area contributed by atoms with Crippen molar-refractivity contribution in [1.82, 2.24) is 0 Å². The van der Waals surface area contributed by atoms with Gasteiger partial charge in [0.15, 0.2) is 0 Å². The van der Waals surface area contributed by atoms with Crippen LogP contribution in [0.25, 0.3) is 0 Å². The number of rotatable bonds is 2. The van der Waals surface area contributed by atoms with Gasteiger partial charge >= 0.3 is 12.4 Å². The van der Waals surface area contributed by atoms with E-state index >= 15 is 0 Å². The normalized spacial score (nSPS) is 37.9. The maximum Gasteiger partial charge on any atom is 0.454 e. The molecule has 2 fully saturated rings. The van der Waals surface area contributed by atoms with Gasteiger partial charge in [-0.2, -0.15) is 26.3 Å². The third-order valence-electron chi connectivity index (χ3n) is 4.03. The van der Waals surface area contributed by atoms with E-state index in [0.29, 0.717) is 5.32 Å². The van der Waals surface area contributed by atoms with E-state index in [-0.39, 0.29) is 13.0 Å². The second kappa shape index (κ2) is 4.39. The third kappa shape index (κ3) is 1.94. The monoisotopic (exact) mass is 312 g/mol. The molecule has 112 valence electrons. The highest BCUT2D eigenvalue weighted by Crippen LogP contribution is 2.54. The van der Waals surface area contributed by atoms with E-state index in [4.69, 9.17) is 16.3 Å². The van der Waals surface area contributed by atoms with Crippen LogP contribution >= 0.6 is 11.6 Å². The number of fused-ring (bicyclic) bond motifs is 2. The molecular weight excluding hydrogens is 300 g/mol. The lowest BCUT2D eigenvalue weighted by Crippen LogP contribution is -3.07. The molecule has 0 aromatic heterocycles. The quantitative estimate of drug-likeness (QED) is 0.611. The first kappa shape index (κ1) is 15.2. The van der Waals surface area contributed by atoms with E-state index in [1.165, 1.54) is 0 Å². The number of alkyl halides is 7. The Bertz CT molecular complexity index is 343. The standard InChI is InChI=1S/C10H12ClF6NO/c1-2-19-5-3-4-6(11)7(5)18-8(4,9(12,13)14)10(15,16)17/h4-7,18H,2-3H2,1H3/p+1/t4-,5+,6-,7+/m0/s1. The summed E-state index contributed by atoms with van der Waals surface area (Å²) in [4.78, 5) is 0. The molecule has 2 rings (SSSR count). The molecule has 2 aliphatic rings. The van der Waals surface area contributed by atoms with E-state index in [2.05, 4.69) is 0 Å². The Morgan fingerprint density at radius 2 is 1.74 bits per heavy atom. The van der Waals surface area contributed by atoms with Gasteiger partial charge in [-0.3, -0.25) is 0 Å². The van der Waals surface area contributed by atoms with Crippen molar-refractivity contribution in [1.29, 1.82) is 0 Å². The van der Waals surface area contributed by atoms with Crippen molar-refractivity contribution in [3.8, 4) is 0 Å². The van der Waals surface area contributed by atoms with Crippen LogP contribution < -0.4 is 5.32 Å².